The van der Waals surface area contributed by atoms with Gasteiger partial charge in [-0.05, 0) is 24.5 Å². The normalized spacial score (nSPS) is 27.2. The van der Waals surface area contributed by atoms with Crippen molar-refractivity contribution in [2.45, 2.75) is 32.4 Å². The maximum absolute atomic E-state index is 6.10. The molecule has 2 unspecified atom stereocenters. The highest BCUT2D eigenvalue weighted by Crippen LogP contribution is 2.25. The van der Waals surface area contributed by atoms with Crippen LogP contribution in [0.25, 0.3) is 0 Å². The fourth-order valence-corrected chi connectivity index (χ4v) is 3.49. The lowest BCUT2D eigenvalue weighted by molar-refractivity contribution is 0.146. The predicted octanol–water partition coefficient (Wildman–Crippen LogP) is 2.96. The summed E-state index contributed by atoms with van der Waals surface area (Å²) >= 11 is 7.62. The fourth-order valence-electron chi connectivity index (χ4n) is 2.36. The van der Waals surface area contributed by atoms with Crippen molar-refractivity contribution < 1.29 is 0 Å². The molecule has 0 spiro atoms. The first-order valence-electron chi connectivity index (χ1n) is 5.91. The number of hydrogen-bond acceptors (Lipinski definition) is 3. The zero-order valence-electron chi connectivity index (χ0n) is 9.66. The molecule has 1 aromatic heterocycles. The number of thiophene rings is 1. The van der Waals surface area contributed by atoms with Gasteiger partial charge in [0.15, 0.2) is 0 Å². The van der Waals surface area contributed by atoms with Crippen LogP contribution in [0.3, 0.4) is 0 Å². The highest BCUT2D eigenvalue weighted by molar-refractivity contribution is 7.16. The molecule has 0 saturated carbocycles. The Labute approximate surface area is 106 Å². The van der Waals surface area contributed by atoms with Gasteiger partial charge >= 0.3 is 0 Å². The monoisotopic (exact) mass is 258 g/mol. The predicted molar refractivity (Wildman–Crippen MR) is 71.0 cm³/mol. The summed E-state index contributed by atoms with van der Waals surface area (Å²) in [7, 11) is 0. The average Bonchev–Trinajstić information content (AvgIpc) is 2.67. The Kier molecular flexibility index (Phi) is 4.25. The molecule has 0 aliphatic carbocycles. The van der Waals surface area contributed by atoms with Crippen LogP contribution in [0.5, 0.6) is 0 Å². The first kappa shape index (κ1) is 12.4. The smallest absolute Gasteiger partial charge is 0.0931 e. The average molecular weight is 259 g/mol. The van der Waals surface area contributed by atoms with Gasteiger partial charge in [-0.15, -0.1) is 11.3 Å². The molecule has 1 aliphatic rings. The first-order chi connectivity index (χ1) is 7.69. The number of piperidine rings is 1. The lowest BCUT2D eigenvalue weighted by atomic mass is 9.91. The minimum Gasteiger partial charge on any atom is -0.327 e. The van der Waals surface area contributed by atoms with Crippen molar-refractivity contribution in [2.24, 2.45) is 11.7 Å². The van der Waals surface area contributed by atoms with Crippen LogP contribution in [0.2, 0.25) is 4.34 Å². The van der Waals surface area contributed by atoms with Crippen LogP contribution in [0.1, 0.15) is 24.6 Å². The second-order valence-corrected chi connectivity index (χ2v) is 6.36. The SMILES string of the molecule is CCC1CN(Cc2ccc(Cl)s2)CCC1N. The summed E-state index contributed by atoms with van der Waals surface area (Å²) in [5, 5.41) is 0. The van der Waals surface area contributed by atoms with Gasteiger partial charge < -0.3 is 5.73 Å². The van der Waals surface area contributed by atoms with E-state index in [9.17, 15) is 0 Å². The van der Waals surface area contributed by atoms with E-state index < -0.39 is 0 Å². The van der Waals surface area contributed by atoms with Gasteiger partial charge in [-0.1, -0.05) is 24.9 Å². The van der Waals surface area contributed by atoms with Crippen molar-refractivity contribution in [1.82, 2.24) is 4.90 Å². The second-order valence-electron chi connectivity index (χ2n) is 4.56. The number of likely N-dealkylation sites (tertiary alicyclic amines) is 1. The van der Waals surface area contributed by atoms with Crippen molar-refractivity contribution in [3.8, 4) is 0 Å². The molecule has 4 heteroatoms. The lowest BCUT2D eigenvalue weighted by Gasteiger charge is -2.36. The molecule has 0 amide bonds. The van der Waals surface area contributed by atoms with Crippen molar-refractivity contribution in [2.75, 3.05) is 13.1 Å². The number of rotatable bonds is 3. The number of hydrogen-bond donors (Lipinski definition) is 1. The van der Waals surface area contributed by atoms with E-state index in [4.69, 9.17) is 17.3 Å². The van der Waals surface area contributed by atoms with Crippen LogP contribution >= 0.6 is 22.9 Å². The molecule has 1 saturated heterocycles. The van der Waals surface area contributed by atoms with Crippen LogP contribution in [0.4, 0.5) is 0 Å². The summed E-state index contributed by atoms with van der Waals surface area (Å²) in [6.07, 6.45) is 2.31. The summed E-state index contributed by atoms with van der Waals surface area (Å²) < 4.78 is 0.885. The Hall–Kier alpha value is -0.0900. The van der Waals surface area contributed by atoms with Gasteiger partial charge in [0.1, 0.15) is 0 Å². The Balaban J connectivity index is 1.91. The number of nitrogens with zero attached hydrogens (tertiary/aromatic N) is 1. The second kappa shape index (κ2) is 5.50. The van der Waals surface area contributed by atoms with Crippen LogP contribution in [-0.4, -0.2) is 24.0 Å². The summed E-state index contributed by atoms with van der Waals surface area (Å²) in [6, 6.07) is 4.50. The molecule has 2 rings (SSSR count). The Morgan fingerprint density at radius 3 is 3.00 bits per heavy atom. The van der Waals surface area contributed by atoms with Crippen molar-refractivity contribution in [3.05, 3.63) is 21.3 Å². The molecule has 0 bridgehead atoms. The lowest BCUT2D eigenvalue weighted by Crippen LogP contribution is -2.46. The van der Waals surface area contributed by atoms with E-state index >= 15 is 0 Å². The minimum atomic E-state index is 0.396. The van der Waals surface area contributed by atoms with Gasteiger partial charge in [0.25, 0.3) is 0 Å². The molecule has 2 atom stereocenters. The van der Waals surface area contributed by atoms with Gasteiger partial charge in [0.05, 0.1) is 4.34 Å². The first-order valence-corrected chi connectivity index (χ1v) is 7.10. The fraction of sp³-hybridized carbons (Fsp3) is 0.667. The topological polar surface area (TPSA) is 29.3 Å². The largest absolute Gasteiger partial charge is 0.327 e. The molecule has 2 nitrogen and oxygen atoms in total. The quantitative estimate of drug-likeness (QED) is 0.903. The summed E-state index contributed by atoms with van der Waals surface area (Å²) in [5.74, 6) is 0.657. The van der Waals surface area contributed by atoms with Crippen LogP contribution in [-0.2, 0) is 6.54 Å². The van der Waals surface area contributed by atoms with Crippen molar-refractivity contribution in [3.63, 3.8) is 0 Å². The van der Waals surface area contributed by atoms with Crippen LogP contribution in [0.15, 0.2) is 12.1 Å². The van der Waals surface area contributed by atoms with Gasteiger partial charge in [0, 0.05) is 30.6 Å². The van der Waals surface area contributed by atoms with Gasteiger partial charge in [-0.3, -0.25) is 4.90 Å². The van der Waals surface area contributed by atoms with Crippen LogP contribution < -0.4 is 5.73 Å². The standard InChI is InChI=1S/C12H19ClN2S/c1-2-9-7-15(6-5-11(9)14)8-10-3-4-12(13)16-10/h3-4,9,11H,2,5-8,14H2,1H3. The highest BCUT2D eigenvalue weighted by Gasteiger charge is 2.25. The molecule has 90 valence electrons. The van der Waals surface area contributed by atoms with Crippen LogP contribution in [0, 0.1) is 5.92 Å². The molecule has 2 heterocycles. The van der Waals surface area contributed by atoms with E-state index in [2.05, 4.69) is 17.9 Å². The van der Waals surface area contributed by atoms with Crippen molar-refractivity contribution in [1.29, 1.82) is 0 Å². The van der Waals surface area contributed by atoms with E-state index in [1.165, 1.54) is 11.3 Å². The molecule has 2 N–H and O–H groups in total. The Morgan fingerprint density at radius 2 is 2.38 bits per heavy atom. The van der Waals surface area contributed by atoms with E-state index in [0.717, 1.165) is 30.4 Å². The van der Waals surface area contributed by atoms with Gasteiger partial charge in [0.2, 0.25) is 0 Å². The number of nitrogens with two attached hydrogens (primary N) is 1. The molecular formula is C12H19ClN2S. The van der Waals surface area contributed by atoms with Crippen molar-refractivity contribution >= 4 is 22.9 Å². The zero-order valence-corrected chi connectivity index (χ0v) is 11.2. The Bertz CT molecular complexity index is 340. The molecule has 1 fully saturated rings. The Morgan fingerprint density at radius 1 is 1.56 bits per heavy atom. The third kappa shape index (κ3) is 2.98. The highest BCUT2D eigenvalue weighted by atomic mass is 35.5. The third-order valence-corrected chi connectivity index (χ3v) is 4.63. The van der Waals surface area contributed by atoms with Gasteiger partial charge in [-0.2, -0.15) is 0 Å². The third-order valence-electron chi connectivity index (χ3n) is 3.41. The molecule has 16 heavy (non-hydrogen) atoms. The summed E-state index contributed by atoms with van der Waals surface area (Å²) in [6.45, 7) is 5.51. The molecule has 0 radical (unpaired) electrons. The maximum Gasteiger partial charge on any atom is 0.0931 e. The number of halogens is 1. The zero-order chi connectivity index (χ0) is 11.5. The van der Waals surface area contributed by atoms with Gasteiger partial charge in [-0.25, -0.2) is 0 Å². The molecule has 1 aromatic rings. The summed E-state index contributed by atoms with van der Waals surface area (Å²) in [4.78, 5) is 3.86. The van der Waals surface area contributed by atoms with E-state index in [1.54, 1.807) is 11.3 Å². The molecule has 0 aromatic carbocycles. The van der Waals surface area contributed by atoms with E-state index in [-0.39, 0.29) is 0 Å². The minimum absolute atomic E-state index is 0.396. The van der Waals surface area contributed by atoms with E-state index in [0.29, 0.717) is 12.0 Å². The molecular weight excluding hydrogens is 240 g/mol. The maximum atomic E-state index is 6.10. The molecule has 1 aliphatic heterocycles. The van der Waals surface area contributed by atoms with E-state index in [1.807, 2.05) is 6.07 Å². The summed E-state index contributed by atoms with van der Waals surface area (Å²) in [5.41, 5.74) is 6.10.